The van der Waals surface area contributed by atoms with Gasteiger partial charge in [-0.05, 0) is 36.1 Å². The number of hydrogen-bond donors (Lipinski definition) is 2. The van der Waals surface area contributed by atoms with Gasteiger partial charge in [-0.25, -0.2) is 0 Å². The number of nitrogens with two attached hydrogens (primary N) is 1. The van der Waals surface area contributed by atoms with Crippen LogP contribution in [0.25, 0.3) is 0 Å². The van der Waals surface area contributed by atoms with E-state index in [0.29, 0.717) is 6.54 Å². The van der Waals surface area contributed by atoms with E-state index in [4.69, 9.17) is 15.6 Å². The van der Waals surface area contributed by atoms with Gasteiger partial charge in [-0.1, -0.05) is 18.2 Å². The molecule has 3 N–H and O–H groups in total. The molecule has 2 aromatic carbocycles. The first-order chi connectivity index (χ1) is 9.28. The van der Waals surface area contributed by atoms with Crippen molar-refractivity contribution >= 4 is 11.8 Å². The van der Waals surface area contributed by atoms with Gasteiger partial charge in [-0.2, -0.15) is 0 Å². The van der Waals surface area contributed by atoms with E-state index >= 15 is 0 Å². The zero-order valence-corrected chi connectivity index (χ0v) is 11.6. The second kappa shape index (κ2) is 6.61. The quantitative estimate of drug-likeness (QED) is 0.823. The fourth-order valence-corrected chi connectivity index (χ4v) is 2.47. The molecule has 0 saturated heterocycles. The minimum Gasteiger partial charge on any atom is -0.457 e. The van der Waals surface area contributed by atoms with Crippen LogP contribution in [0.15, 0.2) is 47.4 Å². The minimum absolute atomic E-state index is 0.0380. The predicted molar refractivity (Wildman–Crippen MR) is 78.6 cm³/mol. The van der Waals surface area contributed by atoms with Crippen LogP contribution in [0.2, 0.25) is 0 Å². The molecule has 0 saturated carbocycles. The Kier molecular flexibility index (Phi) is 4.85. The summed E-state index contributed by atoms with van der Waals surface area (Å²) in [5, 5.41) is 9.01. The maximum Gasteiger partial charge on any atom is 0.133 e. The summed E-state index contributed by atoms with van der Waals surface area (Å²) in [5.74, 6) is 1.52. The molecular weight excluding hydrogens is 258 g/mol. The molecule has 0 fully saturated rings. The number of thioether (sulfide) groups is 1. The van der Waals surface area contributed by atoms with Crippen molar-refractivity contribution in [1.29, 1.82) is 0 Å². The van der Waals surface area contributed by atoms with Crippen LogP contribution in [0.5, 0.6) is 11.5 Å². The van der Waals surface area contributed by atoms with Crippen LogP contribution in [0.1, 0.15) is 11.1 Å². The van der Waals surface area contributed by atoms with Crippen LogP contribution < -0.4 is 10.5 Å². The van der Waals surface area contributed by atoms with Gasteiger partial charge in [-0.3, -0.25) is 0 Å². The van der Waals surface area contributed by atoms with Crippen LogP contribution in [0.4, 0.5) is 0 Å². The van der Waals surface area contributed by atoms with Gasteiger partial charge in [0.05, 0.1) is 6.61 Å². The van der Waals surface area contributed by atoms with Crippen LogP contribution in [0.3, 0.4) is 0 Å². The van der Waals surface area contributed by atoms with E-state index < -0.39 is 0 Å². The highest BCUT2D eigenvalue weighted by molar-refractivity contribution is 7.98. The van der Waals surface area contributed by atoms with Crippen LogP contribution >= 0.6 is 11.8 Å². The third kappa shape index (κ3) is 3.29. The van der Waals surface area contributed by atoms with E-state index in [1.54, 1.807) is 11.8 Å². The van der Waals surface area contributed by atoms with E-state index in [9.17, 15) is 0 Å². The lowest BCUT2D eigenvalue weighted by Gasteiger charge is -2.13. The predicted octanol–water partition coefficient (Wildman–Crippen LogP) is 3.15. The lowest BCUT2D eigenvalue weighted by atomic mass is 10.2. The van der Waals surface area contributed by atoms with E-state index in [0.717, 1.165) is 27.5 Å². The number of aliphatic hydroxyl groups is 1. The fourth-order valence-electron chi connectivity index (χ4n) is 1.82. The number of rotatable bonds is 5. The first-order valence-corrected chi connectivity index (χ1v) is 7.24. The largest absolute Gasteiger partial charge is 0.457 e. The summed E-state index contributed by atoms with van der Waals surface area (Å²) in [4.78, 5) is 1.13. The molecule has 0 aromatic heterocycles. The molecule has 2 aromatic rings. The number of aliphatic hydroxyl groups excluding tert-OH is 1. The van der Waals surface area contributed by atoms with E-state index in [-0.39, 0.29) is 6.61 Å². The highest BCUT2D eigenvalue weighted by atomic mass is 32.2. The topological polar surface area (TPSA) is 55.5 Å². The fraction of sp³-hybridized carbons (Fsp3) is 0.200. The third-order valence-corrected chi connectivity index (χ3v) is 3.67. The van der Waals surface area contributed by atoms with Crippen molar-refractivity contribution in [1.82, 2.24) is 0 Å². The maximum absolute atomic E-state index is 9.01. The standard InChI is InChI=1S/C15H17NO2S/c1-19-15-4-2-3-14(13(15)9-16)18-12-7-5-11(10-17)6-8-12/h2-8,17H,9-10,16H2,1H3. The average Bonchev–Trinajstić information content (AvgIpc) is 2.47. The van der Waals surface area contributed by atoms with Crippen LogP contribution in [0, 0.1) is 0 Å². The smallest absolute Gasteiger partial charge is 0.133 e. The van der Waals surface area contributed by atoms with Gasteiger partial charge < -0.3 is 15.6 Å². The summed E-state index contributed by atoms with van der Waals surface area (Å²) in [7, 11) is 0. The van der Waals surface area contributed by atoms with Crippen molar-refractivity contribution in [2.24, 2.45) is 5.73 Å². The van der Waals surface area contributed by atoms with E-state index in [1.807, 2.05) is 48.7 Å². The van der Waals surface area contributed by atoms with Crippen LogP contribution in [-0.2, 0) is 13.2 Å². The molecule has 2 rings (SSSR count). The van der Waals surface area contributed by atoms with Crippen molar-refractivity contribution in [2.45, 2.75) is 18.0 Å². The average molecular weight is 275 g/mol. The molecule has 0 bridgehead atoms. The molecule has 0 atom stereocenters. The molecule has 4 heteroatoms. The Morgan fingerprint density at radius 3 is 2.47 bits per heavy atom. The van der Waals surface area contributed by atoms with Crippen molar-refractivity contribution in [2.75, 3.05) is 6.26 Å². The summed E-state index contributed by atoms with van der Waals surface area (Å²) < 4.78 is 5.87. The minimum atomic E-state index is 0.0380. The second-order valence-electron chi connectivity index (χ2n) is 4.05. The second-order valence-corrected chi connectivity index (χ2v) is 4.89. The normalized spacial score (nSPS) is 10.5. The molecular formula is C15H17NO2S. The Morgan fingerprint density at radius 2 is 1.89 bits per heavy atom. The highest BCUT2D eigenvalue weighted by Crippen LogP contribution is 2.31. The molecule has 0 amide bonds. The molecule has 3 nitrogen and oxygen atoms in total. The van der Waals surface area contributed by atoms with Gasteiger partial charge in [0.2, 0.25) is 0 Å². The molecule has 0 aliphatic rings. The zero-order chi connectivity index (χ0) is 13.7. The summed E-state index contributed by atoms with van der Waals surface area (Å²) in [6.07, 6.45) is 2.02. The maximum atomic E-state index is 9.01. The Balaban J connectivity index is 2.26. The lowest BCUT2D eigenvalue weighted by Crippen LogP contribution is -2.01. The number of benzene rings is 2. The Hall–Kier alpha value is -1.49. The molecule has 0 aliphatic heterocycles. The van der Waals surface area contributed by atoms with Gasteiger partial charge in [-0.15, -0.1) is 11.8 Å². The number of ether oxygens (including phenoxy) is 1. The van der Waals surface area contributed by atoms with E-state index in [1.165, 1.54) is 0 Å². The molecule has 19 heavy (non-hydrogen) atoms. The zero-order valence-electron chi connectivity index (χ0n) is 10.8. The lowest BCUT2D eigenvalue weighted by molar-refractivity contribution is 0.281. The van der Waals surface area contributed by atoms with Gasteiger partial charge in [0, 0.05) is 17.0 Å². The Bertz CT molecular complexity index is 540. The molecule has 100 valence electrons. The molecule has 0 unspecified atom stereocenters. The molecule has 0 heterocycles. The van der Waals surface area contributed by atoms with Gasteiger partial charge in [0.25, 0.3) is 0 Å². The first kappa shape index (κ1) is 13.9. The first-order valence-electron chi connectivity index (χ1n) is 6.02. The Labute approximate surface area is 117 Å². The Morgan fingerprint density at radius 1 is 1.16 bits per heavy atom. The number of hydrogen-bond acceptors (Lipinski definition) is 4. The summed E-state index contributed by atoms with van der Waals surface area (Å²) in [6.45, 7) is 0.483. The summed E-state index contributed by atoms with van der Waals surface area (Å²) in [6, 6.07) is 13.3. The molecule has 0 spiro atoms. The SMILES string of the molecule is CSc1cccc(Oc2ccc(CO)cc2)c1CN. The summed E-state index contributed by atoms with van der Waals surface area (Å²) >= 11 is 1.66. The highest BCUT2D eigenvalue weighted by Gasteiger charge is 2.08. The van der Waals surface area contributed by atoms with Crippen molar-refractivity contribution < 1.29 is 9.84 Å². The van der Waals surface area contributed by atoms with Gasteiger partial charge >= 0.3 is 0 Å². The van der Waals surface area contributed by atoms with Crippen molar-refractivity contribution in [3.63, 3.8) is 0 Å². The third-order valence-electron chi connectivity index (χ3n) is 2.85. The van der Waals surface area contributed by atoms with Gasteiger partial charge in [0.15, 0.2) is 0 Å². The summed E-state index contributed by atoms with van der Waals surface area (Å²) in [5.41, 5.74) is 7.68. The van der Waals surface area contributed by atoms with Crippen LogP contribution in [-0.4, -0.2) is 11.4 Å². The molecule has 0 aliphatic carbocycles. The van der Waals surface area contributed by atoms with Gasteiger partial charge in [0.1, 0.15) is 11.5 Å². The van der Waals surface area contributed by atoms with E-state index in [2.05, 4.69) is 0 Å². The van der Waals surface area contributed by atoms with Crippen molar-refractivity contribution in [3.8, 4) is 11.5 Å². The van der Waals surface area contributed by atoms with Crippen molar-refractivity contribution in [3.05, 3.63) is 53.6 Å². The molecule has 0 radical (unpaired) electrons. The monoisotopic (exact) mass is 275 g/mol.